The molecule has 0 amide bonds. The normalized spacial score (nSPS) is 7.78. The van der Waals surface area contributed by atoms with Crippen LogP contribution in [0.2, 0.25) is 0 Å². The Balaban J connectivity index is 0.000000640. The van der Waals surface area contributed by atoms with Crippen LogP contribution in [-0.4, -0.2) is 0 Å². The number of rotatable bonds is 1. The molecule has 1 rings (SSSR count). The van der Waals surface area contributed by atoms with Crippen LogP contribution in [0.1, 0.15) is 0 Å². The molecule has 0 fully saturated rings. The third kappa shape index (κ3) is 2.89. The Hall–Kier alpha value is 0.0200. The molecule has 0 bridgehead atoms. The predicted octanol–water partition coefficient (Wildman–Crippen LogP) is 1.56. The molecule has 1 nitrogen and oxygen atoms in total. The molecule has 1 aromatic carbocycles. The van der Waals surface area contributed by atoms with Gasteiger partial charge in [-0.2, -0.15) is 0 Å². The van der Waals surface area contributed by atoms with Crippen molar-refractivity contribution in [2.24, 2.45) is 0 Å². The van der Waals surface area contributed by atoms with Crippen molar-refractivity contribution < 1.29 is 32.5 Å². The van der Waals surface area contributed by atoms with E-state index < -0.39 is 0 Å². The van der Waals surface area contributed by atoms with E-state index in [2.05, 4.69) is 20.1 Å². The molecule has 1 radical (unpaired) electrons. The van der Waals surface area contributed by atoms with E-state index in [1.165, 1.54) is 0 Å². The molecule has 0 atom stereocenters. The first-order chi connectivity index (χ1) is 3.93. The minimum absolute atomic E-state index is 0. The molecule has 1 aromatic rings. The van der Waals surface area contributed by atoms with Crippen molar-refractivity contribution in [1.29, 1.82) is 0 Å². The molecule has 0 aliphatic rings. The van der Waals surface area contributed by atoms with Gasteiger partial charge in [0.2, 0.25) is 0 Å². The molecule has 9 heavy (non-hydrogen) atoms. The summed E-state index contributed by atoms with van der Waals surface area (Å²) in [6, 6.07) is 9.72. The van der Waals surface area contributed by atoms with Gasteiger partial charge in [-0.3, -0.25) is 0 Å². The van der Waals surface area contributed by atoms with Gasteiger partial charge in [-0.25, -0.2) is 0 Å². The Labute approximate surface area is 73.0 Å². The maximum absolute atomic E-state index is 4.30. The number of nitrogens with one attached hydrogen (secondary N) is 1. The summed E-state index contributed by atoms with van der Waals surface area (Å²) in [5.74, 6) is 0. The summed E-state index contributed by atoms with van der Waals surface area (Å²) >= 11 is 4.30. The standard InChI is InChI=1S/C6H6N.Co.Ni/c7-6-4-2-1-3-5-6;;/h1-5,7H;;/q-1;;+1. The number of hydrogen-bond donors (Lipinski definition) is 1. The Morgan fingerprint density at radius 1 is 1.11 bits per heavy atom. The van der Waals surface area contributed by atoms with Gasteiger partial charge < -0.3 is 0 Å². The third-order valence-corrected chi connectivity index (χ3v) is 1.15. The molecule has 0 aliphatic carbocycles. The molecule has 0 heterocycles. The van der Waals surface area contributed by atoms with E-state index >= 15 is 0 Å². The average molecular weight is 210 g/mol. The average Bonchev–Trinajstić information content (AvgIpc) is 1.90. The maximum atomic E-state index is 4.30. The molecule has 1 N–H and O–H groups in total. The zero-order valence-corrected chi connectivity index (χ0v) is 6.56. The van der Waals surface area contributed by atoms with E-state index in [0.29, 0.717) is 0 Å². The van der Waals surface area contributed by atoms with E-state index in [1.807, 2.05) is 30.3 Å². The Morgan fingerprint density at radius 3 is 2.00 bits per heavy atom. The Kier molecular flexibility index (Phi) is 4.87. The van der Waals surface area contributed by atoms with E-state index in [4.69, 9.17) is 0 Å². The molecule has 0 spiro atoms. The van der Waals surface area contributed by atoms with E-state index in [-0.39, 0.29) is 16.8 Å². The zero-order chi connectivity index (χ0) is 5.82. The predicted molar refractivity (Wildman–Crippen MR) is 30.1 cm³/mol. The second-order valence-corrected chi connectivity index (χ2v) is 1.69. The summed E-state index contributed by atoms with van der Waals surface area (Å²) < 4.78 is 2.65. The Morgan fingerprint density at radius 2 is 1.67 bits per heavy atom. The van der Waals surface area contributed by atoms with Gasteiger partial charge in [-0.05, 0) is 0 Å². The number of benzene rings is 1. The van der Waals surface area contributed by atoms with Crippen molar-refractivity contribution >= 4 is 5.69 Å². The van der Waals surface area contributed by atoms with Crippen molar-refractivity contribution in [2.45, 2.75) is 0 Å². The SMILES string of the molecule is [Co].[Ni][NH]c1ccccc1. The molecule has 0 saturated carbocycles. The molecule has 3 heteroatoms. The molecule has 0 aliphatic heterocycles. The van der Waals surface area contributed by atoms with Crippen LogP contribution in [0.3, 0.4) is 0 Å². The number of hydrogen-bond acceptors (Lipinski definition) is 1. The second-order valence-electron chi connectivity index (χ2n) is 1.45. The number of para-hydroxylation sites is 1. The quantitative estimate of drug-likeness (QED) is 0.693. The van der Waals surface area contributed by atoms with Gasteiger partial charge in [0.05, 0.1) is 0 Å². The monoisotopic (exact) mass is 209 g/mol. The molecule has 0 unspecified atom stereocenters. The zero-order valence-electron chi connectivity index (χ0n) is 4.54. The number of anilines is 1. The van der Waals surface area contributed by atoms with Crippen LogP contribution in [0.4, 0.5) is 5.69 Å². The van der Waals surface area contributed by atoms with Crippen molar-refractivity contribution in [1.82, 2.24) is 0 Å². The van der Waals surface area contributed by atoms with Gasteiger partial charge in [0.1, 0.15) is 0 Å². The second kappa shape index (κ2) is 4.86. The van der Waals surface area contributed by atoms with Gasteiger partial charge in [-0.1, -0.05) is 0 Å². The summed E-state index contributed by atoms with van der Waals surface area (Å²) in [6.45, 7) is 0. The van der Waals surface area contributed by atoms with Gasteiger partial charge in [-0.15, -0.1) is 0 Å². The molecule has 54 valence electrons. The van der Waals surface area contributed by atoms with Crippen LogP contribution >= 0.6 is 0 Å². The van der Waals surface area contributed by atoms with Crippen molar-refractivity contribution in [2.75, 3.05) is 4.40 Å². The fraction of sp³-hybridized carbons (Fsp3) is 0. The van der Waals surface area contributed by atoms with Crippen LogP contribution in [0.15, 0.2) is 30.3 Å². The van der Waals surface area contributed by atoms with E-state index in [1.54, 1.807) is 0 Å². The van der Waals surface area contributed by atoms with Crippen molar-refractivity contribution in [3.63, 3.8) is 0 Å². The van der Waals surface area contributed by atoms with Gasteiger partial charge in [0, 0.05) is 16.8 Å². The van der Waals surface area contributed by atoms with E-state index in [9.17, 15) is 0 Å². The molecular formula is C6H6CoNNi. The van der Waals surface area contributed by atoms with E-state index in [0.717, 1.165) is 5.69 Å². The van der Waals surface area contributed by atoms with Crippen LogP contribution in [-0.2, 0) is 32.5 Å². The summed E-state index contributed by atoms with van der Waals surface area (Å²) in [6.07, 6.45) is 0. The summed E-state index contributed by atoms with van der Waals surface area (Å²) in [5, 5.41) is 0. The first-order valence-corrected chi connectivity index (χ1v) is 2.81. The van der Waals surface area contributed by atoms with Gasteiger partial charge in [0.15, 0.2) is 0 Å². The third-order valence-electron chi connectivity index (χ3n) is 0.865. The molecule has 0 saturated heterocycles. The topological polar surface area (TPSA) is 12.0 Å². The van der Waals surface area contributed by atoms with Crippen LogP contribution < -0.4 is 4.40 Å². The van der Waals surface area contributed by atoms with Crippen LogP contribution in [0.5, 0.6) is 0 Å². The van der Waals surface area contributed by atoms with Gasteiger partial charge >= 0.3 is 56.1 Å². The summed E-state index contributed by atoms with van der Waals surface area (Å²) in [5.41, 5.74) is 0.993. The van der Waals surface area contributed by atoms with Gasteiger partial charge in [0.25, 0.3) is 0 Å². The fourth-order valence-electron chi connectivity index (χ4n) is 0.491. The molecule has 0 aromatic heterocycles. The fourth-order valence-corrected chi connectivity index (χ4v) is 0.655. The van der Waals surface area contributed by atoms with Crippen LogP contribution in [0.25, 0.3) is 0 Å². The van der Waals surface area contributed by atoms with Crippen LogP contribution in [0, 0.1) is 0 Å². The molecular weight excluding hydrogens is 204 g/mol. The van der Waals surface area contributed by atoms with Crippen molar-refractivity contribution in [3.8, 4) is 0 Å². The summed E-state index contributed by atoms with van der Waals surface area (Å²) in [7, 11) is 0. The minimum atomic E-state index is 0. The van der Waals surface area contributed by atoms with Crippen molar-refractivity contribution in [3.05, 3.63) is 30.3 Å². The first kappa shape index (κ1) is 9.02. The Bertz CT molecular complexity index is 154. The first-order valence-electron chi connectivity index (χ1n) is 2.32. The summed E-state index contributed by atoms with van der Waals surface area (Å²) in [4.78, 5) is 0.